The van der Waals surface area contributed by atoms with Crippen molar-refractivity contribution in [3.63, 3.8) is 0 Å². The third-order valence-electron chi connectivity index (χ3n) is 5.07. The minimum absolute atomic E-state index is 0.156. The normalized spacial score (nSPS) is 12.0. The molecule has 0 saturated carbocycles. The van der Waals surface area contributed by atoms with Crippen molar-refractivity contribution in [2.75, 3.05) is 7.11 Å². The number of methoxy groups -OCH3 is 1. The minimum Gasteiger partial charge on any atom is -0.543 e. The molecule has 0 N–H and O–H groups in total. The van der Waals surface area contributed by atoms with Crippen molar-refractivity contribution in [1.29, 1.82) is 0 Å². The Bertz CT molecular complexity index is 831. The molecule has 0 aliphatic carbocycles. The molecule has 0 aliphatic rings. The molecule has 2 rings (SSSR count). The first-order valence-electron chi connectivity index (χ1n) is 9.34. The van der Waals surface area contributed by atoms with Gasteiger partial charge in [0.25, 0.3) is 0 Å². The molecule has 0 aliphatic heterocycles. The van der Waals surface area contributed by atoms with E-state index in [0.717, 1.165) is 21.1 Å². The van der Waals surface area contributed by atoms with Gasteiger partial charge in [0.1, 0.15) is 5.75 Å². The lowest BCUT2D eigenvalue weighted by atomic mass is 10.1. The average molecular weight is 437 g/mol. The van der Waals surface area contributed by atoms with Crippen molar-refractivity contribution < 1.29 is 14.0 Å². The Morgan fingerprint density at radius 1 is 1.11 bits per heavy atom. The monoisotopic (exact) mass is 436 g/mol. The summed E-state index contributed by atoms with van der Waals surface area (Å²) in [5.74, 6) is 0.686. The van der Waals surface area contributed by atoms with Gasteiger partial charge >= 0.3 is 5.97 Å². The van der Waals surface area contributed by atoms with Crippen LogP contribution >= 0.6 is 23.4 Å². The highest BCUT2D eigenvalue weighted by Gasteiger charge is 2.38. The fourth-order valence-electron chi connectivity index (χ4n) is 2.32. The highest BCUT2D eigenvalue weighted by molar-refractivity contribution is 7.99. The number of aryl methyl sites for hydroxylation is 1. The van der Waals surface area contributed by atoms with Gasteiger partial charge in [-0.05, 0) is 60.4 Å². The van der Waals surface area contributed by atoms with E-state index in [9.17, 15) is 4.79 Å². The molecule has 2 aromatic rings. The quantitative estimate of drug-likeness (QED) is 0.346. The molecule has 0 heterocycles. The molecule has 6 heteroatoms. The Morgan fingerprint density at radius 2 is 1.79 bits per heavy atom. The van der Waals surface area contributed by atoms with E-state index in [1.165, 1.54) is 7.11 Å². The molecule has 152 valence electrons. The lowest BCUT2D eigenvalue weighted by Crippen LogP contribution is -2.43. The lowest BCUT2D eigenvalue weighted by molar-refractivity contribution is -0.140. The first-order valence-corrected chi connectivity index (χ1v) is 13.4. The van der Waals surface area contributed by atoms with Gasteiger partial charge in [-0.2, -0.15) is 0 Å². The zero-order valence-corrected chi connectivity index (χ0v) is 20.0. The Labute approximate surface area is 178 Å². The van der Waals surface area contributed by atoms with Crippen LogP contribution in [-0.2, 0) is 16.0 Å². The molecular formula is C22H29ClO3SSi. The molecule has 0 aromatic heterocycles. The van der Waals surface area contributed by atoms with Gasteiger partial charge in [-0.25, -0.2) is 0 Å². The van der Waals surface area contributed by atoms with E-state index in [4.69, 9.17) is 16.0 Å². The maximum atomic E-state index is 11.3. The number of hydrogen-bond acceptors (Lipinski definition) is 4. The number of halogens is 1. The molecule has 0 unspecified atom stereocenters. The summed E-state index contributed by atoms with van der Waals surface area (Å²) < 4.78 is 11.1. The maximum Gasteiger partial charge on any atom is 0.305 e. The van der Waals surface area contributed by atoms with Crippen LogP contribution in [0.5, 0.6) is 5.75 Å². The number of hydrogen-bond donors (Lipinski definition) is 0. The van der Waals surface area contributed by atoms with Gasteiger partial charge in [0.05, 0.1) is 7.11 Å². The summed E-state index contributed by atoms with van der Waals surface area (Å²) in [5, 5.41) is 0.826. The molecule has 0 fully saturated rings. The van der Waals surface area contributed by atoms with Crippen LogP contribution in [0.25, 0.3) is 0 Å². The number of ether oxygens (including phenoxy) is 1. The predicted octanol–water partition coefficient (Wildman–Crippen LogP) is 6.98. The van der Waals surface area contributed by atoms with Gasteiger partial charge in [0, 0.05) is 21.2 Å². The Hall–Kier alpha value is -1.43. The summed E-state index contributed by atoms with van der Waals surface area (Å²) in [6.45, 7) is 11.2. The van der Waals surface area contributed by atoms with Gasteiger partial charge in [-0.3, -0.25) is 4.79 Å². The summed E-state index contributed by atoms with van der Waals surface area (Å²) in [4.78, 5) is 13.5. The number of benzene rings is 2. The second-order valence-electron chi connectivity index (χ2n) is 8.27. The van der Waals surface area contributed by atoms with Crippen LogP contribution in [0, 0.1) is 0 Å². The van der Waals surface area contributed by atoms with E-state index in [1.807, 2.05) is 30.3 Å². The van der Waals surface area contributed by atoms with Crippen LogP contribution in [0.15, 0.2) is 52.3 Å². The standard InChI is InChI=1S/C22H29ClO3SSi/c1-22(2,3)28(5,6)26-17-8-7-9-18(14-17)27-19-12-10-16(20(23)15-19)11-13-21(24)25-4/h7-10,12,14-15H,11,13H2,1-6H3. The second-order valence-corrected chi connectivity index (χ2v) is 14.5. The molecule has 0 radical (unpaired) electrons. The largest absolute Gasteiger partial charge is 0.543 e. The summed E-state index contributed by atoms with van der Waals surface area (Å²) >= 11 is 8.05. The molecule has 0 saturated heterocycles. The molecule has 0 amide bonds. The zero-order chi connectivity index (χ0) is 20.9. The van der Waals surface area contributed by atoms with E-state index < -0.39 is 8.32 Å². The summed E-state index contributed by atoms with van der Waals surface area (Å²) in [6, 6.07) is 14.2. The molecule has 0 spiro atoms. The number of carbonyl (C=O) groups excluding carboxylic acids is 1. The van der Waals surface area contributed by atoms with E-state index in [-0.39, 0.29) is 11.0 Å². The summed E-state index contributed by atoms with van der Waals surface area (Å²) in [6.07, 6.45) is 0.905. The second kappa shape index (κ2) is 9.38. The van der Waals surface area contributed by atoms with Crippen molar-refractivity contribution in [3.05, 3.63) is 53.1 Å². The zero-order valence-electron chi connectivity index (χ0n) is 17.5. The number of rotatable bonds is 7. The van der Waals surface area contributed by atoms with Crippen LogP contribution in [0.2, 0.25) is 23.2 Å². The van der Waals surface area contributed by atoms with Gasteiger partial charge in [0.15, 0.2) is 0 Å². The van der Waals surface area contributed by atoms with Crippen LogP contribution in [0.4, 0.5) is 0 Å². The molecule has 0 atom stereocenters. The van der Waals surface area contributed by atoms with Crippen LogP contribution in [-0.4, -0.2) is 21.4 Å². The molecule has 2 aromatic carbocycles. The van der Waals surface area contributed by atoms with E-state index in [0.29, 0.717) is 17.9 Å². The Kier molecular flexibility index (Phi) is 7.65. The van der Waals surface area contributed by atoms with Crippen LogP contribution in [0.3, 0.4) is 0 Å². The Morgan fingerprint density at radius 3 is 2.39 bits per heavy atom. The van der Waals surface area contributed by atoms with Gasteiger partial charge in [-0.1, -0.05) is 56.3 Å². The topological polar surface area (TPSA) is 35.5 Å². The first-order chi connectivity index (χ1) is 13.0. The third-order valence-corrected chi connectivity index (χ3v) is 10.8. The third kappa shape index (κ3) is 6.29. The minimum atomic E-state index is -1.87. The van der Waals surface area contributed by atoms with E-state index in [1.54, 1.807) is 11.8 Å². The predicted molar refractivity (Wildman–Crippen MR) is 120 cm³/mol. The van der Waals surface area contributed by atoms with Crippen LogP contribution < -0.4 is 4.43 Å². The van der Waals surface area contributed by atoms with Crippen molar-refractivity contribution >= 4 is 37.6 Å². The number of carbonyl (C=O) groups is 1. The van der Waals surface area contributed by atoms with Gasteiger partial charge in [-0.15, -0.1) is 0 Å². The smallest absolute Gasteiger partial charge is 0.305 e. The highest BCUT2D eigenvalue weighted by atomic mass is 35.5. The van der Waals surface area contributed by atoms with Crippen molar-refractivity contribution in [3.8, 4) is 5.75 Å². The van der Waals surface area contributed by atoms with E-state index >= 15 is 0 Å². The number of esters is 1. The average Bonchev–Trinajstić information content (AvgIpc) is 2.59. The molecular weight excluding hydrogens is 408 g/mol. The fourth-order valence-corrected chi connectivity index (χ4v) is 4.59. The molecule has 0 bridgehead atoms. The maximum absolute atomic E-state index is 11.3. The first kappa shape index (κ1) is 22.9. The van der Waals surface area contributed by atoms with E-state index in [2.05, 4.69) is 50.7 Å². The van der Waals surface area contributed by atoms with Crippen molar-refractivity contribution in [2.24, 2.45) is 0 Å². The van der Waals surface area contributed by atoms with Gasteiger partial charge < -0.3 is 9.16 Å². The molecule has 28 heavy (non-hydrogen) atoms. The fraction of sp³-hybridized carbons (Fsp3) is 0.409. The van der Waals surface area contributed by atoms with Gasteiger partial charge in [0.2, 0.25) is 8.32 Å². The van der Waals surface area contributed by atoms with Crippen molar-refractivity contribution in [1.82, 2.24) is 0 Å². The lowest BCUT2D eigenvalue weighted by Gasteiger charge is -2.36. The SMILES string of the molecule is COC(=O)CCc1ccc(Sc2cccc(O[Si](C)(C)C(C)(C)C)c2)cc1Cl. The van der Waals surface area contributed by atoms with Crippen LogP contribution in [0.1, 0.15) is 32.8 Å². The summed E-state index contributed by atoms with van der Waals surface area (Å²) in [5.41, 5.74) is 0.950. The summed E-state index contributed by atoms with van der Waals surface area (Å²) in [7, 11) is -0.472. The highest BCUT2D eigenvalue weighted by Crippen LogP contribution is 2.39. The Balaban J connectivity index is 2.10. The van der Waals surface area contributed by atoms with Crippen molar-refractivity contribution in [2.45, 2.75) is 61.5 Å². The molecule has 3 nitrogen and oxygen atoms in total.